The number of hydrogen-bond acceptors (Lipinski definition) is 3. The number of aryl methyl sites for hydroxylation is 1. The zero-order chi connectivity index (χ0) is 19.5. The summed E-state index contributed by atoms with van der Waals surface area (Å²) in [7, 11) is 0. The van der Waals surface area contributed by atoms with E-state index >= 15 is 0 Å². The third-order valence-electron chi connectivity index (χ3n) is 4.23. The van der Waals surface area contributed by atoms with Gasteiger partial charge in [0.1, 0.15) is 17.3 Å². The van der Waals surface area contributed by atoms with Gasteiger partial charge in [-0.1, -0.05) is 12.1 Å². The molecule has 7 heteroatoms. The number of furan rings is 1. The molecule has 0 fully saturated rings. The van der Waals surface area contributed by atoms with Gasteiger partial charge in [0.2, 0.25) is 0 Å². The number of nitrogens with zero attached hydrogens (tertiary/aromatic N) is 2. The molecule has 4 rings (SSSR count). The Morgan fingerprint density at radius 1 is 0.964 bits per heavy atom. The van der Waals surface area contributed by atoms with Crippen molar-refractivity contribution in [3.8, 4) is 11.5 Å². The molecule has 0 radical (unpaired) electrons. The second kappa shape index (κ2) is 7.90. The largest absolute Gasteiger partial charge is 0.463 e. The maximum Gasteiger partial charge on any atom is 0.190 e. The third-order valence-corrected chi connectivity index (χ3v) is 5.10. The predicted octanol–water partition coefficient (Wildman–Crippen LogP) is 5.70. The molecule has 142 valence electrons. The molecule has 0 spiro atoms. The van der Waals surface area contributed by atoms with Crippen molar-refractivity contribution in [2.45, 2.75) is 13.0 Å². The van der Waals surface area contributed by atoms with Crippen molar-refractivity contribution in [3.63, 3.8) is 0 Å². The summed E-state index contributed by atoms with van der Waals surface area (Å²) in [6.45, 7) is 0.535. The van der Waals surface area contributed by atoms with E-state index in [0.29, 0.717) is 23.5 Å². The first-order chi connectivity index (χ1) is 13.6. The van der Waals surface area contributed by atoms with Crippen LogP contribution in [0.3, 0.4) is 0 Å². The molecule has 0 unspecified atom stereocenters. The molecule has 0 N–H and O–H groups in total. The van der Waals surface area contributed by atoms with Crippen LogP contribution in [0.1, 0.15) is 5.56 Å². The summed E-state index contributed by atoms with van der Waals surface area (Å²) in [4.78, 5) is 4.93. The van der Waals surface area contributed by atoms with Gasteiger partial charge in [-0.3, -0.25) is 0 Å². The predicted molar refractivity (Wildman–Crippen MR) is 102 cm³/mol. The van der Waals surface area contributed by atoms with Gasteiger partial charge in [0.05, 0.1) is 12.0 Å². The van der Waals surface area contributed by atoms with Crippen LogP contribution >= 0.6 is 11.3 Å². The summed E-state index contributed by atoms with van der Waals surface area (Å²) < 4.78 is 47.8. The fourth-order valence-corrected chi connectivity index (χ4v) is 3.75. The Bertz CT molecular complexity index is 1150. The normalized spacial score (nSPS) is 11.9. The lowest BCUT2D eigenvalue weighted by atomic mass is 10.1. The fraction of sp³-hybridized carbons (Fsp3) is 0.0952. The minimum atomic E-state index is -0.724. The first kappa shape index (κ1) is 18.3. The molecule has 28 heavy (non-hydrogen) atoms. The molecule has 4 aromatic rings. The average molecular weight is 400 g/mol. The highest BCUT2D eigenvalue weighted by Gasteiger charge is 2.12. The van der Waals surface area contributed by atoms with Crippen molar-refractivity contribution < 1.29 is 17.6 Å². The summed E-state index contributed by atoms with van der Waals surface area (Å²) in [5.74, 6) is -0.997. The van der Waals surface area contributed by atoms with Crippen LogP contribution in [0.5, 0.6) is 0 Å². The molecular formula is C21H15F3N2OS. The molecule has 0 aliphatic carbocycles. The fourth-order valence-electron chi connectivity index (χ4n) is 2.82. The van der Waals surface area contributed by atoms with E-state index in [2.05, 4.69) is 4.99 Å². The molecule has 0 saturated carbocycles. The van der Waals surface area contributed by atoms with E-state index in [4.69, 9.17) is 4.42 Å². The van der Waals surface area contributed by atoms with Crippen LogP contribution in [0.15, 0.2) is 75.7 Å². The first-order valence-corrected chi connectivity index (χ1v) is 9.44. The molecule has 2 aromatic heterocycles. The van der Waals surface area contributed by atoms with Gasteiger partial charge in [-0.05, 0) is 48.4 Å². The Hall–Kier alpha value is -3.06. The van der Waals surface area contributed by atoms with E-state index in [1.807, 2.05) is 16.0 Å². The Labute approximate surface area is 163 Å². The molecule has 0 bridgehead atoms. The Kier molecular flexibility index (Phi) is 5.16. The molecule has 0 saturated heterocycles. The van der Waals surface area contributed by atoms with Crippen molar-refractivity contribution in [1.29, 1.82) is 0 Å². The molecule has 0 amide bonds. The highest BCUT2D eigenvalue weighted by Crippen LogP contribution is 2.23. The van der Waals surface area contributed by atoms with Crippen LogP contribution in [0, 0.1) is 17.5 Å². The second-order valence-corrected chi connectivity index (χ2v) is 6.95. The first-order valence-electron chi connectivity index (χ1n) is 8.56. The summed E-state index contributed by atoms with van der Waals surface area (Å²) in [6.07, 6.45) is 2.21. The van der Waals surface area contributed by atoms with E-state index in [9.17, 15) is 13.2 Å². The lowest BCUT2D eigenvalue weighted by molar-refractivity contribution is 0.568. The van der Waals surface area contributed by atoms with Crippen LogP contribution < -0.4 is 4.80 Å². The van der Waals surface area contributed by atoms with Crippen molar-refractivity contribution in [3.05, 3.63) is 94.1 Å². The molecule has 0 aliphatic heterocycles. The maximum absolute atomic E-state index is 14.0. The van der Waals surface area contributed by atoms with Gasteiger partial charge in [-0.2, -0.15) is 0 Å². The van der Waals surface area contributed by atoms with Gasteiger partial charge in [0.25, 0.3) is 0 Å². The number of aromatic nitrogens is 1. The van der Waals surface area contributed by atoms with Gasteiger partial charge in [-0.25, -0.2) is 18.2 Å². The number of halogens is 3. The standard InChI is InChI=1S/C21H15F3N2OS/c22-15-5-3-14(4-6-15)9-10-26-19(20-2-1-11-27-20)13-28-21(26)25-18-8-7-16(23)12-17(18)24/h1-8,11-13H,9-10H2. The van der Waals surface area contributed by atoms with Gasteiger partial charge >= 0.3 is 0 Å². The monoisotopic (exact) mass is 400 g/mol. The highest BCUT2D eigenvalue weighted by molar-refractivity contribution is 7.07. The summed E-state index contributed by atoms with van der Waals surface area (Å²) in [5, 5.41) is 1.88. The lowest BCUT2D eigenvalue weighted by Gasteiger charge is -2.08. The number of hydrogen-bond donors (Lipinski definition) is 0. The molecule has 0 aliphatic rings. The quantitative estimate of drug-likeness (QED) is 0.423. The van der Waals surface area contributed by atoms with Gasteiger partial charge < -0.3 is 8.98 Å². The summed E-state index contributed by atoms with van der Waals surface area (Å²) in [5.41, 5.74) is 1.83. The van der Waals surface area contributed by atoms with Gasteiger partial charge in [-0.15, -0.1) is 11.3 Å². The summed E-state index contributed by atoms with van der Waals surface area (Å²) >= 11 is 1.34. The minimum Gasteiger partial charge on any atom is -0.463 e. The Morgan fingerprint density at radius 3 is 2.46 bits per heavy atom. The third kappa shape index (κ3) is 3.94. The smallest absolute Gasteiger partial charge is 0.190 e. The van der Waals surface area contributed by atoms with Crippen LogP contribution in [-0.4, -0.2) is 4.57 Å². The molecule has 3 nitrogen and oxygen atoms in total. The topological polar surface area (TPSA) is 30.4 Å². The van der Waals surface area contributed by atoms with Crippen molar-refractivity contribution in [1.82, 2.24) is 4.57 Å². The summed E-state index contributed by atoms with van der Waals surface area (Å²) in [6, 6.07) is 13.2. The van der Waals surface area contributed by atoms with E-state index in [1.165, 1.54) is 35.6 Å². The average Bonchev–Trinajstić information content (AvgIpc) is 3.33. The second-order valence-electron chi connectivity index (χ2n) is 6.12. The SMILES string of the molecule is Fc1ccc(CCn2c(-c3ccco3)csc2=Nc2ccc(F)cc2F)cc1. The number of thiazole rings is 1. The van der Waals surface area contributed by atoms with E-state index in [0.717, 1.165) is 17.3 Å². The van der Waals surface area contributed by atoms with E-state index in [-0.39, 0.29) is 11.5 Å². The zero-order valence-corrected chi connectivity index (χ0v) is 15.4. The molecule has 2 heterocycles. The molecule has 0 atom stereocenters. The van der Waals surface area contributed by atoms with Crippen molar-refractivity contribution >= 4 is 17.0 Å². The van der Waals surface area contributed by atoms with E-state index < -0.39 is 11.6 Å². The van der Waals surface area contributed by atoms with Crippen LogP contribution in [0.4, 0.5) is 18.9 Å². The Balaban J connectivity index is 1.74. The Morgan fingerprint density at radius 2 is 1.75 bits per heavy atom. The number of rotatable bonds is 5. The van der Waals surface area contributed by atoms with Gasteiger partial charge in [0.15, 0.2) is 16.4 Å². The van der Waals surface area contributed by atoms with Crippen LogP contribution in [0.2, 0.25) is 0 Å². The lowest BCUT2D eigenvalue weighted by Crippen LogP contribution is -2.17. The van der Waals surface area contributed by atoms with Crippen molar-refractivity contribution in [2.24, 2.45) is 4.99 Å². The molecule has 2 aromatic carbocycles. The highest BCUT2D eigenvalue weighted by atomic mass is 32.1. The zero-order valence-electron chi connectivity index (χ0n) is 14.6. The number of benzene rings is 2. The van der Waals surface area contributed by atoms with Crippen LogP contribution in [0.25, 0.3) is 11.5 Å². The minimum absolute atomic E-state index is 0.0600. The molecular weight excluding hydrogens is 385 g/mol. The maximum atomic E-state index is 14.0. The van der Waals surface area contributed by atoms with E-state index in [1.54, 1.807) is 24.5 Å². The van der Waals surface area contributed by atoms with Crippen LogP contribution in [-0.2, 0) is 13.0 Å². The van der Waals surface area contributed by atoms with Gasteiger partial charge in [0, 0.05) is 18.0 Å². The van der Waals surface area contributed by atoms with Crippen molar-refractivity contribution in [2.75, 3.05) is 0 Å².